The van der Waals surface area contributed by atoms with Crippen LogP contribution in [0.4, 0.5) is 0 Å². The normalized spacial score (nSPS) is 12.4. The van der Waals surface area contributed by atoms with Crippen molar-refractivity contribution in [3.63, 3.8) is 0 Å². The minimum absolute atomic E-state index is 0.0813. The zero-order valence-electron chi connectivity index (χ0n) is 10.7. The lowest BCUT2D eigenvalue weighted by Gasteiger charge is -2.10. The molecular formula is C12H16N4OS. The van der Waals surface area contributed by atoms with E-state index in [2.05, 4.69) is 20.5 Å². The SMILES string of the molecule is Cc1n[nH]c(C)c1C(=O)NCC(C)c1nccs1. The molecule has 2 aromatic rings. The van der Waals surface area contributed by atoms with Gasteiger partial charge in [-0.25, -0.2) is 4.98 Å². The van der Waals surface area contributed by atoms with Crippen LogP contribution in [0, 0.1) is 13.8 Å². The lowest BCUT2D eigenvalue weighted by molar-refractivity contribution is 0.0950. The Bertz CT molecular complexity index is 513. The molecule has 0 fully saturated rings. The highest BCUT2D eigenvalue weighted by molar-refractivity contribution is 7.09. The van der Waals surface area contributed by atoms with E-state index in [1.807, 2.05) is 26.2 Å². The summed E-state index contributed by atoms with van der Waals surface area (Å²) in [6, 6.07) is 0. The Morgan fingerprint density at radius 2 is 2.33 bits per heavy atom. The van der Waals surface area contributed by atoms with Gasteiger partial charge in [0, 0.05) is 29.7 Å². The van der Waals surface area contributed by atoms with Crippen LogP contribution in [0.3, 0.4) is 0 Å². The summed E-state index contributed by atoms with van der Waals surface area (Å²) in [6.45, 7) is 6.30. The largest absolute Gasteiger partial charge is 0.351 e. The van der Waals surface area contributed by atoms with Crippen molar-refractivity contribution in [1.29, 1.82) is 0 Å². The number of aromatic nitrogens is 3. The van der Waals surface area contributed by atoms with E-state index < -0.39 is 0 Å². The van der Waals surface area contributed by atoms with Crippen LogP contribution in [0.1, 0.15) is 39.6 Å². The van der Waals surface area contributed by atoms with E-state index in [1.54, 1.807) is 17.5 Å². The number of rotatable bonds is 4. The Morgan fingerprint density at radius 1 is 1.56 bits per heavy atom. The van der Waals surface area contributed by atoms with E-state index in [0.717, 1.165) is 16.4 Å². The van der Waals surface area contributed by atoms with Gasteiger partial charge in [0.15, 0.2) is 0 Å². The molecule has 0 radical (unpaired) electrons. The fraction of sp³-hybridized carbons (Fsp3) is 0.417. The summed E-state index contributed by atoms with van der Waals surface area (Å²) in [7, 11) is 0. The molecule has 6 heteroatoms. The van der Waals surface area contributed by atoms with Gasteiger partial charge in [-0.2, -0.15) is 5.10 Å². The Hall–Kier alpha value is -1.69. The van der Waals surface area contributed by atoms with E-state index in [4.69, 9.17) is 0 Å². The lowest BCUT2D eigenvalue weighted by Crippen LogP contribution is -2.28. The number of carbonyl (C=O) groups excluding carboxylic acids is 1. The average molecular weight is 264 g/mol. The second kappa shape index (κ2) is 5.30. The average Bonchev–Trinajstić information content (AvgIpc) is 2.96. The van der Waals surface area contributed by atoms with Crippen LogP contribution in [0.25, 0.3) is 0 Å². The van der Waals surface area contributed by atoms with E-state index in [0.29, 0.717) is 12.1 Å². The highest BCUT2D eigenvalue weighted by Crippen LogP contribution is 2.17. The molecule has 0 saturated carbocycles. The smallest absolute Gasteiger partial charge is 0.255 e. The van der Waals surface area contributed by atoms with Crippen LogP contribution in [0.15, 0.2) is 11.6 Å². The second-order valence-corrected chi connectivity index (χ2v) is 5.22. The van der Waals surface area contributed by atoms with E-state index in [1.165, 1.54) is 0 Å². The Kier molecular flexibility index (Phi) is 3.76. The summed E-state index contributed by atoms with van der Waals surface area (Å²) >= 11 is 1.61. The molecule has 2 heterocycles. The maximum absolute atomic E-state index is 12.0. The van der Waals surface area contributed by atoms with Crippen LogP contribution in [0.2, 0.25) is 0 Å². The number of carbonyl (C=O) groups is 1. The molecule has 0 saturated heterocycles. The van der Waals surface area contributed by atoms with Gasteiger partial charge in [0.1, 0.15) is 0 Å². The number of aromatic amines is 1. The van der Waals surface area contributed by atoms with Crippen molar-refractivity contribution in [3.05, 3.63) is 33.5 Å². The third-order valence-electron chi connectivity index (χ3n) is 2.80. The topological polar surface area (TPSA) is 70.7 Å². The minimum Gasteiger partial charge on any atom is -0.351 e. The molecule has 2 N–H and O–H groups in total. The molecule has 1 unspecified atom stereocenters. The molecule has 0 aliphatic rings. The van der Waals surface area contributed by atoms with Crippen LogP contribution >= 0.6 is 11.3 Å². The fourth-order valence-corrected chi connectivity index (χ4v) is 2.48. The molecule has 0 spiro atoms. The summed E-state index contributed by atoms with van der Waals surface area (Å²) in [6.07, 6.45) is 1.78. The molecule has 0 aliphatic carbocycles. The Labute approximate surface area is 110 Å². The van der Waals surface area contributed by atoms with Crippen molar-refractivity contribution < 1.29 is 4.79 Å². The fourth-order valence-electron chi connectivity index (χ4n) is 1.78. The molecular weight excluding hydrogens is 248 g/mol. The summed E-state index contributed by atoms with van der Waals surface area (Å²) < 4.78 is 0. The zero-order valence-corrected chi connectivity index (χ0v) is 11.5. The van der Waals surface area contributed by atoms with Crippen molar-refractivity contribution in [2.75, 3.05) is 6.54 Å². The molecule has 1 atom stereocenters. The summed E-state index contributed by atoms with van der Waals surface area (Å²) in [4.78, 5) is 16.3. The van der Waals surface area contributed by atoms with Crippen LogP contribution in [0.5, 0.6) is 0 Å². The second-order valence-electron chi connectivity index (χ2n) is 4.29. The van der Waals surface area contributed by atoms with Crippen molar-refractivity contribution in [2.24, 2.45) is 0 Å². The zero-order chi connectivity index (χ0) is 13.1. The minimum atomic E-state index is -0.0813. The summed E-state index contributed by atoms with van der Waals surface area (Å²) in [5.74, 6) is 0.142. The van der Waals surface area contributed by atoms with Crippen molar-refractivity contribution >= 4 is 17.2 Å². The Morgan fingerprint density at radius 3 is 2.89 bits per heavy atom. The number of hydrogen-bond donors (Lipinski definition) is 2. The first-order chi connectivity index (χ1) is 8.59. The first-order valence-electron chi connectivity index (χ1n) is 5.78. The van der Waals surface area contributed by atoms with Gasteiger partial charge in [-0.15, -0.1) is 11.3 Å². The molecule has 0 aromatic carbocycles. The number of amides is 1. The van der Waals surface area contributed by atoms with Gasteiger partial charge < -0.3 is 5.32 Å². The molecule has 18 heavy (non-hydrogen) atoms. The van der Waals surface area contributed by atoms with Gasteiger partial charge >= 0.3 is 0 Å². The van der Waals surface area contributed by atoms with Crippen LogP contribution < -0.4 is 5.32 Å². The maximum Gasteiger partial charge on any atom is 0.255 e. The third kappa shape index (κ3) is 2.59. The van der Waals surface area contributed by atoms with Gasteiger partial charge in [0.25, 0.3) is 5.91 Å². The van der Waals surface area contributed by atoms with Crippen molar-refractivity contribution in [2.45, 2.75) is 26.7 Å². The molecule has 96 valence electrons. The van der Waals surface area contributed by atoms with Gasteiger partial charge in [0.05, 0.1) is 16.3 Å². The number of H-pyrrole nitrogens is 1. The number of nitrogens with zero attached hydrogens (tertiary/aromatic N) is 2. The third-order valence-corrected chi connectivity index (χ3v) is 3.80. The number of nitrogens with one attached hydrogen (secondary N) is 2. The number of hydrogen-bond acceptors (Lipinski definition) is 4. The van der Waals surface area contributed by atoms with Gasteiger partial charge in [-0.3, -0.25) is 9.89 Å². The van der Waals surface area contributed by atoms with Gasteiger partial charge in [-0.1, -0.05) is 6.92 Å². The molecule has 0 bridgehead atoms. The first-order valence-corrected chi connectivity index (χ1v) is 6.66. The predicted octanol–water partition coefficient (Wildman–Crippen LogP) is 2.02. The first kappa shape index (κ1) is 12.8. The van der Waals surface area contributed by atoms with E-state index in [-0.39, 0.29) is 11.8 Å². The van der Waals surface area contributed by atoms with Crippen molar-refractivity contribution in [3.8, 4) is 0 Å². The summed E-state index contributed by atoms with van der Waals surface area (Å²) in [5.41, 5.74) is 2.17. The van der Waals surface area contributed by atoms with E-state index >= 15 is 0 Å². The maximum atomic E-state index is 12.0. The molecule has 0 aliphatic heterocycles. The monoisotopic (exact) mass is 264 g/mol. The highest BCUT2D eigenvalue weighted by Gasteiger charge is 2.16. The Balaban J connectivity index is 1.97. The van der Waals surface area contributed by atoms with Crippen LogP contribution in [-0.4, -0.2) is 27.6 Å². The highest BCUT2D eigenvalue weighted by atomic mass is 32.1. The molecule has 2 rings (SSSR count). The van der Waals surface area contributed by atoms with E-state index in [9.17, 15) is 4.79 Å². The quantitative estimate of drug-likeness (QED) is 0.887. The van der Waals surface area contributed by atoms with Gasteiger partial charge in [-0.05, 0) is 13.8 Å². The van der Waals surface area contributed by atoms with Crippen molar-refractivity contribution in [1.82, 2.24) is 20.5 Å². The molecule has 2 aromatic heterocycles. The summed E-state index contributed by atoms with van der Waals surface area (Å²) in [5, 5.41) is 12.7. The molecule has 5 nitrogen and oxygen atoms in total. The molecule has 1 amide bonds. The predicted molar refractivity (Wildman–Crippen MR) is 70.9 cm³/mol. The number of thiazole rings is 1. The van der Waals surface area contributed by atoms with Crippen LogP contribution in [-0.2, 0) is 0 Å². The number of aryl methyl sites for hydroxylation is 2. The standard InChI is InChI=1S/C12H16N4OS/c1-7(12-13-4-5-18-12)6-14-11(17)10-8(2)15-16-9(10)3/h4-5,7H,6H2,1-3H3,(H,14,17)(H,15,16). The lowest BCUT2D eigenvalue weighted by atomic mass is 10.1. The van der Waals surface area contributed by atoms with Gasteiger partial charge in [0.2, 0.25) is 0 Å².